The van der Waals surface area contributed by atoms with Crippen LogP contribution in [0.4, 0.5) is 0 Å². The van der Waals surface area contributed by atoms with Gasteiger partial charge in [-0.05, 0) is 50.6 Å². The Labute approximate surface area is 163 Å². The lowest BCUT2D eigenvalue weighted by Gasteiger charge is -2.28. The predicted molar refractivity (Wildman–Crippen MR) is 106 cm³/mol. The van der Waals surface area contributed by atoms with E-state index in [1.54, 1.807) is 11.3 Å². The fourth-order valence-electron chi connectivity index (χ4n) is 4.20. The van der Waals surface area contributed by atoms with Crippen LogP contribution in [-0.2, 0) is 13.1 Å². The molecule has 1 aliphatic heterocycles. The van der Waals surface area contributed by atoms with Crippen molar-refractivity contribution in [2.45, 2.75) is 57.2 Å². The monoisotopic (exact) mass is 396 g/mol. The molecule has 3 aliphatic rings. The molecule has 1 N–H and O–H groups in total. The lowest BCUT2D eigenvalue weighted by Crippen LogP contribution is -2.35. The van der Waals surface area contributed by atoms with Gasteiger partial charge in [0, 0.05) is 41.2 Å². The first-order valence-corrected chi connectivity index (χ1v) is 10.8. The highest BCUT2D eigenvalue weighted by atomic mass is 35.5. The van der Waals surface area contributed by atoms with E-state index in [1.165, 1.54) is 60.1 Å². The Kier molecular flexibility index (Phi) is 5.17. The topological polar surface area (TPSA) is 41.1 Å². The van der Waals surface area contributed by atoms with Crippen LogP contribution in [0.3, 0.4) is 0 Å². The second-order valence-corrected chi connectivity index (χ2v) is 9.73. The molecule has 2 saturated carbocycles. The first-order valence-electron chi connectivity index (χ1n) is 9.10. The Hall–Kier alpha value is -0.530. The molecule has 1 saturated heterocycles. The van der Waals surface area contributed by atoms with E-state index in [0.717, 1.165) is 25.0 Å². The first kappa shape index (κ1) is 17.9. The minimum atomic E-state index is 0. The summed E-state index contributed by atoms with van der Waals surface area (Å²) in [5.74, 6) is 0.771. The first-order chi connectivity index (χ1) is 11.8. The van der Waals surface area contributed by atoms with Gasteiger partial charge in [-0.1, -0.05) is 0 Å². The summed E-state index contributed by atoms with van der Waals surface area (Å²) in [5, 5.41) is 8.23. The molecule has 3 heterocycles. The molecule has 7 heteroatoms. The molecular formula is C18H25ClN4S2. The van der Waals surface area contributed by atoms with Gasteiger partial charge in [-0.2, -0.15) is 0 Å². The summed E-state index contributed by atoms with van der Waals surface area (Å²) in [6.45, 7) is 4.42. The van der Waals surface area contributed by atoms with Gasteiger partial charge in [0.1, 0.15) is 5.01 Å². The fraction of sp³-hybridized carbons (Fsp3) is 0.667. The van der Waals surface area contributed by atoms with Gasteiger partial charge in [0.25, 0.3) is 0 Å². The number of hydrogen-bond donors (Lipinski definition) is 1. The molecule has 4 nitrogen and oxygen atoms in total. The van der Waals surface area contributed by atoms with E-state index in [-0.39, 0.29) is 12.4 Å². The Morgan fingerprint density at radius 2 is 2.04 bits per heavy atom. The van der Waals surface area contributed by atoms with Crippen LogP contribution in [0.2, 0.25) is 0 Å². The molecule has 1 unspecified atom stereocenters. The molecule has 1 spiro atoms. The van der Waals surface area contributed by atoms with Crippen LogP contribution in [0, 0.1) is 5.41 Å². The third-order valence-corrected chi connectivity index (χ3v) is 7.77. The Bertz CT molecular complexity index is 692. The molecule has 2 aliphatic carbocycles. The minimum Gasteiger partial charge on any atom is -0.317 e. The summed E-state index contributed by atoms with van der Waals surface area (Å²) in [6, 6.07) is 0.731. The van der Waals surface area contributed by atoms with E-state index < -0.39 is 0 Å². The summed E-state index contributed by atoms with van der Waals surface area (Å²) in [7, 11) is 0. The van der Waals surface area contributed by atoms with Crippen molar-refractivity contribution < 1.29 is 0 Å². The quantitative estimate of drug-likeness (QED) is 0.799. The zero-order valence-electron chi connectivity index (χ0n) is 14.3. The van der Waals surface area contributed by atoms with Crippen molar-refractivity contribution in [1.29, 1.82) is 0 Å². The third kappa shape index (κ3) is 3.78. The van der Waals surface area contributed by atoms with Crippen molar-refractivity contribution in [3.05, 3.63) is 32.7 Å². The molecule has 136 valence electrons. The van der Waals surface area contributed by atoms with Gasteiger partial charge in [0.2, 0.25) is 0 Å². The van der Waals surface area contributed by atoms with E-state index in [4.69, 9.17) is 0 Å². The number of aromatic nitrogens is 2. The summed E-state index contributed by atoms with van der Waals surface area (Å²) < 4.78 is 0. The molecule has 0 aromatic carbocycles. The standard InChI is InChI=1S/C18H24N4S2.ClH/c1-2-13(1)17-21-10-14(24-17)11-22(12-16-20-7-8-23-16)15-9-18(15)3-5-19-6-4-18;/h7-8,10,13,15,19H,1-6,9,11-12H2;1H. The zero-order valence-corrected chi connectivity index (χ0v) is 16.8. The van der Waals surface area contributed by atoms with Crippen molar-refractivity contribution >= 4 is 35.1 Å². The van der Waals surface area contributed by atoms with Gasteiger partial charge >= 0.3 is 0 Å². The number of halogens is 1. The summed E-state index contributed by atoms with van der Waals surface area (Å²) in [5.41, 5.74) is 0.576. The van der Waals surface area contributed by atoms with Crippen molar-refractivity contribution in [3.63, 3.8) is 0 Å². The molecule has 5 rings (SSSR count). The SMILES string of the molecule is Cl.c1csc(CN(Cc2cnc(C3CC3)s2)C2CC23CCNCC3)n1. The fourth-order valence-corrected chi connectivity index (χ4v) is 5.95. The number of piperidine rings is 1. The van der Waals surface area contributed by atoms with Crippen LogP contribution in [-0.4, -0.2) is 34.0 Å². The predicted octanol–water partition coefficient (Wildman–Crippen LogP) is 4.04. The number of nitrogens with zero attached hydrogens (tertiary/aromatic N) is 3. The second-order valence-electron chi connectivity index (χ2n) is 7.60. The maximum Gasteiger partial charge on any atom is 0.107 e. The van der Waals surface area contributed by atoms with E-state index in [0.29, 0.717) is 5.41 Å². The molecule has 3 fully saturated rings. The molecule has 1 atom stereocenters. The Morgan fingerprint density at radius 1 is 1.20 bits per heavy atom. The van der Waals surface area contributed by atoms with Crippen LogP contribution in [0.5, 0.6) is 0 Å². The van der Waals surface area contributed by atoms with Crippen molar-refractivity contribution in [2.75, 3.05) is 13.1 Å². The van der Waals surface area contributed by atoms with Gasteiger partial charge in [0.05, 0.1) is 11.6 Å². The molecule has 0 radical (unpaired) electrons. The largest absolute Gasteiger partial charge is 0.317 e. The van der Waals surface area contributed by atoms with Crippen LogP contribution in [0.25, 0.3) is 0 Å². The Morgan fingerprint density at radius 3 is 2.76 bits per heavy atom. The normalized spacial score (nSPS) is 24.4. The van der Waals surface area contributed by atoms with Gasteiger partial charge in [-0.15, -0.1) is 35.1 Å². The van der Waals surface area contributed by atoms with Crippen molar-refractivity contribution in [1.82, 2.24) is 20.2 Å². The molecule has 2 aromatic rings. The van der Waals surface area contributed by atoms with Crippen LogP contribution in [0.15, 0.2) is 17.8 Å². The van der Waals surface area contributed by atoms with Crippen molar-refractivity contribution in [3.8, 4) is 0 Å². The summed E-state index contributed by atoms with van der Waals surface area (Å²) in [4.78, 5) is 13.3. The summed E-state index contributed by atoms with van der Waals surface area (Å²) >= 11 is 3.73. The van der Waals surface area contributed by atoms with Gasteiger partial charge in [0.15, 0.2) is 0 Å². The highest BCUT2D eigenvalue weighted by molar-refractivity contribution is 7.11. The maximum atomic E-state index is 4.68. The van der Waals surface area contributed by atoms with E-state index >= 15 is 0 Å². The van der Waals surface area contributed by atoms with E-state index in [9.17, 15) is 0 Å². The average Bonchev–Trinajstić information content (AvgIpc) is 3.44. The molecular weight excluding hydrogens is 372 g/mol. The van der Waals surface area contributed by atoms with Crippen LogP contribution in [0.1, 0.15) is 52.9 Å². The van der Waals surface area contributed by atoms with Crippen LogP contribution >= 0.6 is 35.1 Å². The minimum absolute atomic E-state index is 0. The zero-order chi connectivity index (χ0) is 16.0. The number of nitrogens with one attached hydrogen (secondary N) is 1. The lowest BCUT2D eigenvalue weighted by molar-refractivity contribution is 0.189. The molecule has 0 amide bonds. The average molecular weight is 397 g/mol. The summed E-state index contributed by atoms with van der Waals surface area (Å²) in [6.07, 6.45) is 10.8. The van der Waals surface area contributed by atoms with E-state index in [2.05, 4.69) is 31.8 Å². The highest BCUT2D eigenvalue weighted by Crippen LogP contribution is 2.56. The number of thiazole rings is 2. The number of rotatable bonds is 6. The molecule has 25 heavy (non-hydrogen) atoms. The van der Waals surface area contributed by atoms with Gasteiger partial charge < -0.3 is 5.32 Å². The lowest BCUT2D eigenvalue weighted by atomic mass is 9.93. The smallest absolute Gasteiger partial charge is 0.107 e. The van der Waals surface area contributed by atoms with E-state index in [1.807, 2.05) is 17.5 Å². The Balaban J connectivity index is 0.00000157. The van der Waals surface area contributed by atoms with Crippen LogP contribution < -0.4 is 5.32 Å². The molecule has 0 bridgehead atoms. The van der Waals surface area contributed by atoms with Gasteiger partial charge in [-0.3, -0.25) is 4.90 Å². The molecule has 2 aromatic heterocycles. The highest BCUT2D eigenvalue weighted by Gasteiger charge is 2.56. The van der Waals surface area contributed by atoms with Gasteiger partial charge in [-0.25, -0.2) is 9.97 Å². The number of hydrogen-bond acceptors (Lipinski definition) is 6. The third-order valence-electron chi connectivity index (χ3n) is 5.87. The maximum absolute atomic E-state index is 4.68. The second kappa shape index (κ2) is 7.24. The van der Waals surface area contributed by atoms with Crippen molar-refractivity contribution in [2.24, 2.45) is 5.41 Å².